The van der Waals surface area contributed by atoms with Crippen molar-refractivity contribution in [2.45, 2.75) is 52.6 Å². The predicted molar refractivity (Wildman–Crippen MR) is 71.8 cm³/mol. The third-order valence-electron chi connectivity index (χ3n) is 2.07. The van der Waals surface area contributed by atoms with Gasteiger partial charge in [-0.15, -0.1) is 0 Å². The van der Waals surface area contributed by atoms with Crippen LogP contribution in [0.2, 0.25) is 0 Å². The van der Waals surface area contributed by atoms with Crippen LogP contribution in [-0.4, -0.2) is 23.6 Å². The SMILES string of the molecule is C=C(CCCSCC)CCC(=O)OC(C)C. The van der Waals surface area contributed by atoms with Gasteiger partial charge in [0, 0.05) is 6.42 Å². The fourth-order valence-electron chi connectivity index (χ4n) is 1.29. The smallest absolute Gasteiger partial charge is 0.306 e. The molecule has 0 aromatic carbocycles. The highest BCUT2D eigenvalue weighted by Gasteiger charge is 2.06. The number of ether oxygens (including phenoxy) is 1. The first-order valence-electron chi connectivity index (χ1n) is 6.00. The van der Waals surface area contributed by atoms with Crippen molar-refractivity contribution < 1.29 is 9.53 Å². The van der Waals surface area contributed by atoms with Crippen molar-refractivity contribution in [1.82, 2.24) is 0 Å². The Balaban J connectivity index is 3.46. The Hall–Kier alpha value is -0.440. The van der Waals surface area contributed by atoms with E-state index in [4.69, 9.17) is 4.74 Å². The van der Waals surface area contributed by atoms with E-state index in [2.05, 4.69) is 13.5 Å². The molecule has 0 fully saturated rings. The van der Waals surface area contributed by atoms with Crippen molar-refractivity contribution in [3.63, 3.8) is 0 Å². The summed E-state index contributed by atoms with van der Waals surface area (Å²) in [6.45, 7) is 9.89. The summed E-state index contributed by atoms with van der Waals surface area (Å²) in [4.78, 5) is 11.3. The van der Waals surface area contributed by atoms with Crippen LogP contribution in [0, 0.1) is 0 Å². The van der Waals surface area contributed by atoms with E-state index in [1.807, 2.05) is 25.6 Å². The molecule has 3 heteroatoms. The third-order valence-corrected chi connectivity index (χ3v) is 3.06. The summed E-state index contributed by atoms with van der Waals surface area (Å²) in [6.07, 6.45) is 3.42. The average molecular weight is 244 g/mol. The van der Waals surface area contributed by atoms with Gasteiger partial charge < -0.3 is 4.74 Å². The van der Waals surface area contributed by atoms with E-state index in [1.54, 1.807) is 0 Å². The van der Waals surface area contributed by atoms with Crippen LogP contribution in [0.25, 0.3) is 0 Å². The zero-order valence-corrected chi connectivity index (χ0v) is 11.6. The quantitative estimate of drug-likeness (QED) is 0.350. The molecule has 0 aliphatic heterocycles. The first kappa shape index (κ1) is 15.6. The maximum Gasteiger partial charge on any atom is 0.306 e. The molecule has 0 rings (SSSR count). The molecule has 0 spiro atoms. The van der Waals surface area contributed by atoms with Crippen molar-refractivity contribution in [3.05, 3.63) is 12.2 Å². The van der Waals surface area contributed by atoms with Gasteiger partial charge in [0.25, 0.3) is 0 Å². The minimum atomic E-state index is -0.112. The second-order valence-electron chi connectivity index (χ2n) is 4.09. The molecule has 0 bridgehead atoms. The lowest BCUT2D eigenvalue weighted by atomic mass is 10.1. The van der Waals surface area contributed by atoms with Crippen LogP contribution in [0.1, 0.15) is 46.5 Å². The monoisotopic (exact) mass is 244 g/mol. The highest BCUT2D eigenvalue weighted by molar-refractivity contribution is 7.99. The molecule has 0 radical (unpaired) electrons. The van der Waals surface area contributed by atoms with E-state index in [0.29, 0.717) is 6.42 Å². The van der Waals surface area contributed by atoms with E-state index in [9.17, 15) is 4.79 Å². The van der Waals surface area contributed by atoms with E-state index < -0.39 is 0 Å². The van der Waals surface area contributed by atoms with Gasteiger partial charge >= 0.3 is 5.97 Å². The van der Waals surface area contributed by atoms with Crippen LogP contribution < -0.4 is 0 Å². The number of allylic oxidation sites excluding steroid dienone is 1. The van der Waals surface area contributed by atoms with Gasteiger partial charge in [-0.3, -0.25) is 4.79 Å². The highest BCUT2D eigenvalue weighted by Crippen LogP contribution is 2.13. The number of hydrogen-bond acceptors (Lipinski definition) is 3. The number of carbonyl (C=O) groups is 1. The maximum absolute atomic E-state index is 11.3. The first-order chi connectivity index (χ1) is 7.56. The normalized spacial score (nSPS) is 10.5. The summed E-state index contributed by atoms with van der Waals surface area (Å²) in [6, 6.07) is 0. The number of thioether (sulfide) groups is 1. The summed E-state index contributed by atoms with van der Waals surface area (Å²) in [7, 11) is 0. The van der Waals surface area contributed by atoms with Crippen LogP contribution >= 0.6 is 11.8 Å². The van der Waals surface area contributed by atoms with E-state index in [-0.39, 0.29) is 12.1 Å². The molecule has 0 aromatic heterocycles. The molecule has 0 atom stereocenters. The Kier molecular flexibility index (Phi) is 9.49. The Morgan fingerprint density at radius 2 is 2.00 bits per heavy atom. The summed E-state index contributed by atoms with van der Waals surface area (Å²) in [5, 5.41) is 0. The Morgan fingerprint density at radius 3 is 2.56 bits per heavy atom. The predicted octanol–water partition coefficient (Wildman–Crippen LogP) is 3.81. The van der Waals surface area contributed by atoms with Crippen LogP contribution in [0.5, 0.6) is 0 Å². The number of esters is 1. The fourth-order valence-corrected chi connectivity index (χ4v) is 1.93. The third kappa shape index (κ3) is 10.1. The Bertz CT molecular complexity index is 212. The Labute approximate surface area is 104 Å². The lowest BCUT2D eigenvalue weighted by Crippen LogP contribution is -2.11. The maximum atomic E-state index is 11.3. The number of carbonyl (C=O) groups excluding carboxylic acids is 1. The van der Waals surface area contributed by atoms with Gasteiger partial charge in [0.2, 0.25) is 0 Å². The van der Waals surface area contributed by atoms with Gasteiger partial charge in [-0.25, -0.2) is 0 Å². The molecule has 0 aliphatic carbocycles. The van der Waals surface area contributed by atoms with Crippen LogP contribution in [-0.2, 0) is 9.53 Å². The van der Waals surface area contributed by atoms with Gasteiger partial charge in [-0.2, -0.15) is 11.8 Å². The van der Waals surface area contributed by atoms with Crippen LogP contribution in [0.4, 0.5) is 0 Å². The molecule has 0 saturated carbocycles. The minimum absolute atomic E-state index is 0.0123. The molecule has 0 saturated heterocycles. The molecule has 0 N–H and O–H groups in total. The number of rotatable bonds is 9. The summed E-state index contributed by atoms with van der Waals surface area (Å²) in [5.41, 5.74) is 1.16. The lowest BCUT2D eigenvalue weighted by Gasteiger charge is -2.08. The summed E-state index contributed by atoms with van der Waals surface area (Å²) in [5.74, 6) is 2.25. The zero-order valence-electron chi connectivity index (χ0n) is 10.8. The molecule has 0 aromatic rings. The van der Waals surface area contributed by atoms with Gasteiger partial charge in [-0.1, -0.05) is 19.1 Å². The molecule has 94 valence electrons. The molecular formula is C13H24O2S. The second-order valence-corrected chi connectivity index (χ2v) is 5.48. The number of hydrogen-bond donors (Lipinski definition) is 0. The molecule has 16 heavy (non-hydrogen) atoms. The van der Waals surface area contributed by atoms with Crippen LogP contribution in [0.3, 0.4) is 0 Å². The molecule has 2 nitrogen and oxygen atoms in total. The molecule has 0 heterocycles. The van der Waals surface area contributed by atoms with Crippen molar-refractivity contribution in [1.29, 1.82) is 0 Å². The summed E-state index contributed by atoms with van der Waals surface area (Å²) < 4.78 is 5.06. The molecular weight excluding hydrogens is 220 g/mol. The zero-order chi connectivity index (χ0) is 12.4. The first-order valence-corrected chi connectivity index (χ1v) is 7.15. The summed E-state index contributed by atoms with van der Waals surface area (Å²) >= 11 is 1.95. The molecule has 0 amide bonds. The fraction of sp³-hybridized carbons (Fsp3) is 0.769. The van der Waals surface area contributed by atoms with Gasteiger partial charge in [0.15, 0.2) is 0 Å². The van der Waals surface area contributed by atoms with Gasteiger partial charge in [0.05, 0.1) is 6.10 Å². The van der Waals surface area contributed by atoms with Crippen molar-refractivity contribution in [2.75, 3.05) is 11.5 Å². The van der Waals surface area contributed by atoms with Crippen molar-refractivity contribution in [2.24, 2.45) is 0 Å². The van der Waals surface area contributed by atoms with Gasteiger partial charge in [-0.05, 0) is 44.6 Å². The Morgan fingerprint density at radius 1 is 1.31 bits per heavy atom. The lowest BCUT2D eigenvalue weighted by molar-refractivity contribution is -0.147. The van der Waals surface area contributed by atoms with E-state index in [1.165, 1.54) is 11.5 Å². The van der Waals surface area contributed by atoms with Crippen LogP contribution in [0.15, 0.2) is 12.2 Å². The average Bonchev–Trinajstić information content (AvgIpc) is 2.20. The van der Waals surface area contributed by atoms with Crippen molar-refractivity contribution >= 4 is 17.7 Å². The van der Waals surface area contributed by atoms with Crippen molar-refractivity contribution in [3.8, 4) is 0 Å². The topological polar surface area (TPSA) is 26.3 Å². The highest BCUT2D eigenvalue weighted by atomic mass is 32.2. The van der Waals surface area contributed by atoms with E-state index >= 15 is 0 Å². The minimum Gasteiger partial charge on any atom is -0.463 e. The largest absolute Gasteiger partial charge is 0.463 e. The van der Waals surface area contributed by atoms with Gasteiger partial charge in [0.1, 0.15) is 0 Å². The molecule has 0 unspecified atom stereocenters. The van der Waals surface area contributed by atoms with E-state index in [0.717, 1.165) is 24.8 Å². The molecule has 0 aliphatic rings. The second kappa shape index (κ2) is 9.76. The standard InChI is InChI=1S/C13H24O2S/c1-5-16-10-6-7-12(4)8-9-13(14)15-11(2)3/h11H,4-10H2,1-3H3.